The van der Waals surface area contributed by atoms with Crippen molar-refractivity contribution in [2.75, 3.05) is 44.9 Å². The third-order valence-electron chi connectivity index (χ3n) is 4.87. The van der Waals surface area contributed by atoms with Crippen molar-refractivity contribution in [3.8, 4) is 0 Å². The zero-order valence-electron chi connectivity index (χ0n) is 14.6. The summed E-state index contributed by atoms with van der Waals surface area (Å²) in [5.41, 5.74) is 0.704. The number of methoxy groups -OCH3 is 1. The topological polar surface area (TPSA) is 54.9 Å². The minimum Gasteiger partial charge on any atom is -0.382 e. The quantitative estimate of drug-likeness (QED) is 0.843. The molecule has 6 nitrogen and oxygen atoms in total. The van der Waals surface area contributed by atoms with Crippen LogP contribution in [0.15, 0.2) is 18.3 Å². The van der Waals surface area contributed by atoms with E-state index in [4.69, 9.17) is 9.47 Å². The number of piperidine rings is 1. The van der Waals surface area contributed by atoms with Gasteiger partial charge in [0.05, 0.1) is 19.3 Å². The second kappa shape index (κ2) is 7.94. The summed E-state index contributed by atoms with van der Waals surface area (Å²) in [4.78, 5) is 21.5. The van der Waals surface area contributed by atoms with Crippen LogP contribution in [0.3, 0.4) is 0 Å². The molecule has 3 heterocycles. The Balaban J connectivity index is 1.72. The van der Waals surface area contributed by atoms with E-state index in [2.05, 4.69) is 16.8 Å². The van der Waals surface area contributed by atoms with Gasteiger partial charge < -0.3 is 19.3 Å². The van der Waals surface area contributed by atoms with Crippen LogP contribution < -0.4 is 4.90 Å². The van der Waals surface area contributed by atoms with Gasteiger partial charge >= 0.3 is 0 Å². The van der Waals surface area contributed by atoms with E-state index in [-0.39, 0.29) is 12.0 Å². The van der Waals surface area contributed by atoms with Crippen LogP contribution in [0.1, 0.15) is 36.5 Å². The average Bonchev–Trinajstić information content (AvgIpc) is 2.62. The molecule has 2 fully saturated rings. The van der Waals surface area contributed by atoms with Gasteiger partial charge in [-0.25, -0.2) is 4.98 Å². The zero-order valence-corrected chi connectivity index (χ0v) is 14.6. The normalized spacial score (nSPS) is 24.9. The summed E-state index contributed by atoms with van der Waals surface area (Å²) >= 11 is 0. The van der Waals surface area contributed by atoms with Crippen LogP contribution in [0.25, 0.3) is 0 Å². The van der Waals surface area contributed by atoms with Gasteiger partial charge in [-0.2, -0.15) is 0 Å². The minimum atomic E-state index is -0.0453. The Morgan fingerprint density at radius 1 is 1.42 bits per heavy atom. The van der Waals surface area contributed by atoms with Crippen molar-refractivity contribution in [1.82, 2.24) is 9.88 Å². The highest BCUT2D eigenvalue weighted by Crippen LogP contribution is 2.24. The predicted octanol–water partition coefficient (Wildman–Crippen LogP) is 1.95. The molecule has 1 amide bonds. The van der Waals surface area contributed by atoms with E-state index in [1.165, 1.54) is 19.3 Å². The number of morpholine rings is 1. The maximum absolute atomic E-state index is 12.8. The van der Waals surface area contributed by atoms with E-state index in [0.717, 1.165) is 12.4 Å². The van der Waals surface area contributed by atoms with E-state index in [0.29, 0.717) is 37.9 Å². The van der Waals surface area contributed by atoms with Crippen molar-refractivity contribution in [1.29, 1.82) is 0 Å². The Morgan fingerprint density at radius 2 is 2.29 bits per heavy atom. The van der Waals surface area contributed by atoms with Crippen LogP contribution in [-0.4, -0.2) is 67.9 Å². The Hall–Kier alpha value is -1.66. The van der Waals surface area contributed by atoms with Gasteiger partial charge in [-0.15, -0.1) is 0 Å². The van der Waals surface area contributed by atoms with Crippen molar-refractivity contribution in [2.45, 2.75) is 38.3 Å². The average molecular weight is 333 g/mol. The summed E-state index contributed by atoms with van der Waals surface area (Å²) in [6.07, 6.45) is 5.34. The molecule has 2 aliphatic rings. The lowest BCUT2D eigenvalue weighted by Gasteiger charge is -2.35. The Morgan fingerprint density at radius 3 is 3.08 bits per heavy atom. The van der Waals surface area contributed by atoms with Crippen LogP contribution in [0.2, 0.25) is 0 Å². The lowest BCUT2D eigenvalue weighted by molar-refractivity contribution is -0.0531. The molecule has 132 valence electrons. The summed E-state index contributed by atoms with van der Waals surface area (Å²) in [5, 5.41) is 0. The Bertz CT molecular complexity index is 564. The highest BCUT2D eigenvalue weighted by molar-refractivity contribution is 5.95. The second-order valence-electron chi connectivity index (χ2n) is 6.64. The first kappa shape index (κ1) is 17.2. The molecule has 0 saturated carbocycles. The van der Waals surface area contributed by atoms with Crippen molar-refractivity contribution < 1.29 is 14.3 Å². The van der Waals surface area contributed by atoms with Gasteiger partial charge in [0, 0.05) is 44.5 Å². The Kier molecular flexibility index (Phi) is 5.68. The molecule has 6 heteroatoms. The molecule has 0 N–H and O–H groups in total. The third kappa shape index (κ3) is 3.87. The van der Waals surface area contributed by atoms with Gasteiger partial charge in [0.15, 0.2) is 0 Å². The Labute approximate surface area is 143 Å². The highest BCUT2D eigenvalue weighted by atomic mass is 16.5. The van der Waals surface area contributed by atoms with Crippen LogP contribution >= 0.6 is 0 Å². The number of ether oxygens (including phenoxy) is 2. The maximum atomic E-state index is 12.8. The molecule has 1 aromatic rings. The number of nitrogens with zero attached hydrogens (tertiary/aromatic N) is 3. The second-order valence-corrected chi connectivity index (χ2v) is 6.64. The van der Waals surface area contributed by atoms with Gasteiger partial charge in [0.2, 0.25) is 0 Å². The van der Waals surface area contributed by atoms with Crippen LogP contribution in [-0.2, 0) is 9.47 Å². The van der Waals surface area contributed by atoms with Gasteiger partial charge in [-0.05, 0) is 38.3 Å². The van der Waals surface area contributed by atoms with Crippen LogP contribution in [0, 0.1) is 0 Å². The molecule has 0 radical (unpaired) electrons. The summed E-state index contributed by atoms with van der Waals surface area (Å²) in [5.74, 6) is 0.961. The van der Waals surface area contributed by atoms with E-state index in [1.54, 1.807) is 19.4 Å². The van der Waals surface area contributed by atoms with Crippen molar-refractivity contribution >= 4 is 11.7 Å². The molecule has 24 heavy (non-hydrogen) atoms. The van der Waals surface area contributed by atoms with Gasteiger partial charge in [-0.1, -0.05) is 0 Å². The maximum Gasteiger partial charge on any atom is 0.254 e. The summed E-state index contributed by atoms with van der Waals surface area (Å²) in [6, 6.07) is 4.22. The molecule has 0 aliphatic carbocycles. The molecule has 3 rings (SSSR count). The van der Waals surface area contributed by atoms with Crippen molar-refractivity contribution in [3.63, 3.8) is 0 Å². The number of carbonyl (C=O) groups is 1. The van der Waals surface area contributed by atoms with Gasteiger partial charge in [-0.3, -0.25) is 4.79 Å². The lowest BCUT2D eigenvalue weighted by atomic mass is 10.0. The van der Waals surface area contributed by atoms with Crippen LogP contribution in [0.4, 0.5) is 5.82 Å². The smallest absolute Gasteiger partial charge is 0.254 e. The van der Waals surface area contributed by atoms with E-state index in [1.807, 2.05) is 11.0 Å². The van der Waals surface area contributed by atoms with Crippen molar-refractivity contribution in [3.05, 3.63) is 23.9 Å². The molecule has 0 spiro atoms. The molecule has 2 aliphatic heterocycles. The molecule has 0 bridgehead atoms. The molecule has 2 saturated heterocycles. The van der Waals surface area contributed by atoms with Gasteiger partial charge in [0.25, 0.3) is 5.91 Å². The number of hydrogen-bond acceptors (Lipinski definition) is 5. The largest absolute Gasteiger partial charge is 0.382 e. The molecule has 0 aromatic carbocycles. The highest BCUT2D eigenvalue weighted by Gasteiger charge is 2.26. The van der Waals surface area contributed by atoms with E-state index >= 15 is 0 Å². The summed E-state index contributed by atoms with van der Waals surface area (Å²) in [6.45, 7) is 5.50. The number of carbonyl (C=O) groups excluding carboxylic acids is 1. The first-order valence-corrected chi connectivity index (χ1v) is 8.81. The standard InChI is InChI=1S/C18H27N3O3/c1-14-5-3-4-8-21(14)17-11-15(6-7-19-17)18(22)20-9-10-24-16(12-20)13-23-2/h6-7,11,14,16H,3-5,8-10,12-13H2,1-2H3/t14-,16+/m1/s1. The predicted molar refractivity (Wildman–Crippen MR) is 92.4 cm³/mol. The monoisotopic (exact) mass is 333 g/mol. The molecule has 1 aromatic heterocycles. The molecule has 2 atom stereocenters. The number of anilines is 1. The third-order valence-corrected chi connectivity index (χ3v) is 4.87. The summed E-state index contributed by atoms with van der Waals surface area (Å²) in [7, 11) is 1.65. The summed E-state index contributed by atoms with van der Waals surface area (Å²) < 4.78 is 10.8. The molecule has 0 unspecified atom stereocenters. The fraction of sp³-hybridized carbons (Fsp3) is 0.667. The number of pyridine rings is 1. The van der Waals surface area contributed by atoms with E-state index in [9.17, 15) is 4.79 Å². The van der Waals surface area contributed by atoms with Crippen LogP contribution in [0.5, 0.6) is 0 Å². The lowest BCUT2D eigenvalue weighted by Crippen LogP contribution is -2.47. The van der Waals surface area contributed by atoms with E-state index < -0.39 is 0 Å². The minimum absolute atomic E-state index is 0.0453. The first-order valence-electron chi connectivity index (χ1n) is 8.81. The number of amides is 1. The fourth-order valence-electron chi connectivity index (χ4n) is 3.52. The fourth-order valence-corrected chi connectivity index (χ4v) is 3.52. The molecular weight excluding hydrogens is 306 g/mol. The van der Waals surface area contributed by atoms with Crippen molar-refractivity contribution in [2.24, 2.45) is 0 Å². The molecular formula is C18H27N3O3. The first-order chi connectivity index (χ1) is 11.7. The number of aromatic nitrogens is 1. The number of rotatable bonds is 4. The zero-order chi connectivity index (χ0) is 16.9. The SMILES string of the molecule is COC[C@@H]1CN(C(=O)c2ccnc(N3CCCC[C@H]3C)c2)CCO1. The van der Waals surface area contributed by atoms with Gasteiger partial charge in [0.1, 0.15) is 5.82 Å². The number of hydrogen-bond donors (Lipinski definition) is 0.